The number of benzene rings is 2. The lowest BCUT2D eigenvalue weighted by atomic mass is 10.2. The normalized spacial score (nSPS) is 13.6. The van der Waals surface area contributed by atoms with E-state index in [9.17, 15) is 18.0 Å². The Morgan fingerprint density at radius 2 is 1.64 bits per heavy atom. The van der Waals surface area contributed by atoms with Gasteiger partial charge in [-0.1, -0.05) is 0 Å². The average Bonchev–Trinajstić information content (AvgIpc) is 3.35. The zero-order valence-corrected chi connectivity index (χ0v) is 18.3. The topological polar surface area (TPSA) is 136 Å². The van der Waals surface area contributed by atoms with Gasteiger partial charge in [-0.2, -0.15) is 0 Å². The summed E-state index contributed by atoms with van der Waals surface area (Å²) < 4.78 is 43.8. The summed E-state index contributed by atoms with van der Waals surface area (Å²) in [5, 5.41) is 5.19. The summed E-state index contributed by atoms with van der Waals surface area (Å²) >= 11 is 0. The third kappa shape index (κ3) is 5.26. The van der Waals surface area contributed by atoms with E-state index in [1.54, 1.807) is 24.3 Å². The van der Waals surface area contributed by atoms with E-state index in [0.717, 1.165) is 0 Å². The molecular formula is C22H21N3O7S. The van der Waals surface area contributed by atoms with E-state index in [2.05, 4.69) is 15.4 Å². The molecule has 1 aliphatic rings. The molecule has 0 spiro atoms. The van der Waals surface area contributed by atoms with Crippen molar-refractivity contribution in [3.63, 3.8) is 0 Å². The Morgan fingerprint density at radius 1 is 0.939 bits per heavy atom. The van der Waals surface area contributed by atoms with Gasteiger partial charge in [0.2, 0.25) is 5.91 Å². The van der Waals surface area contributed by atoms with Crippen LogP contribution in [-0.2, 0) is 14.8 Å². The van der Waals surface area contributed by atoms with Gasteiger partial charge in [0.05, 0.1) is 11.2 Å². The number of rotatable bonds is 7. The van der Waals surface area contributed by atoms with Crippen LogP contribution in [0, 0.1) is 0 Å². The molecule has 1 aromatic heterocycles. The second-order valence-electron chi connectivity index (χ2n) is 7.15. The zero-order chi connectivity index (χ0) is 23.4. The van der Waals surface area contributed by atoms with Gasteiger partial charge < -0.3 is 24.5 Å². The van der Waals surface area contributed by atoms with E-state index >= 15 is 0 Å². The van der Waals surface area contributed by atoms with Crippen LogP contribution in [0.5, 0.6) is 11.5 Å². The summed E-state index contributed by atoms with van der Waals surface area (Å²) in [7, 11) is -3.86. The summed E-state index contributed by atoms with van der Waals surface area (Å²) in [6, 6.07) is 12.7. The Kier molecular flexibility index (Phi) is 6.22. The zero-order valence-electron chi connectivity index (χ0n) is 17.5. The standard InChI is InChI=1S/C22H21N3O7S/c1-14(23-22(27)19-3-2-10-30-19)21(26)24-15-4-6-16(7-5-15)25-33(28,29)17-8-9-18-20(13-17)32-12-11-31-18/h2-10,13-14,25H,11-12H2,1H3,(H,23,27)(H,24,26)/t14-/m1/s1. The number of amides is 2. The smallest absolute Gasteiger partial charge is 0.287 e. The van der Waals surface area contributed by atoms with Gasteiger partial charge >= 0.3 is 0 Å². The van der Waals surface area contributed by atoms with Crippen molar-refractivity contribution in [2.75, 3.05) is 23.3 Å². The quantitative estimate of drug-likeness (QED) is 0.482. The van der Waals surface area contributed by atoms with E-state index in [4.69, 9.17) is 13.9 Å². The first kappa shape index (κ1) is 22.2. The number of hydrogen-bond donors (Lipinski definition) is 3. The molecule has 0 saturated carbocycles. The second kappa shape index (κ2) is 9.25. The average molecular weight is 471 g/mol. The summed E-state index contributed by atoms with van der Waals surface area (Å²) in [6.07, 6.45) is 1.36. The molecule has 2 aromatic carbocycles. The molecule has 0 aliphatic carbocycles. The van der Waals surface area contributed by atoms with E-state index in [0.29, 0.717) is 36.1 Å². The maximum atomic E-state index is 12.7. The molecule has 4 rings (SSSR count). The lowest BCUT2D eigenvalue weighted by molar-refractivity contribution is -0.117. The second-order valence-corrected chi connectivity index (χ2v) is 8.83. The number of carbonyl (C=O) groups is 2. The molecule has 0 unspecified atom stereocenters. The third-order valence-corrected chi connectivity index (χ3v) is 6.09. The Morgan fingerprint density at radius 3 is 2.33 bits per heavy atom. The van der Waals surface area contributed by atoms with Gasteiger partial charge in [0.15, 0.2) is 17.3 Å². The maximum Gasteiger partial charge on any atom is 0.287 e. The van der Waals surface area contributed by atoms with Gasteiger partial charge in [0, 0.05) is 17.4 Å². The van der Waals surface area contributed by atoms with Crippen LogP contribution < -0.4 is 24.8 Å². The van der Waals surface area contributed by atoms with Crippen LogP contribution in [0.1, 0.15) is 17.5 Å². The van der Waals surface area contributed by atoms with Gasteiger partial charge in [-0.05, 0) is 55.5 Å². The minimum atomic E-state index is -3.86. The number of anilines is 2. The van der Waals surface area contributed by atoms with Crippen molar-refractivity contribution in [3.8, 4) is 11.5 Å². The predicted octanol–water partition coefficient (Wildman–Crippen LogP) is 2.61. The van der Waals surface area contributed by atoms with Gasteiger partial charge in [-0.15, -0.1) is 0 Å². The van der Waals surface area contributed by atoms with E-state index in [1.807, 2.05) is 0 Å². The van der Waals surface area contributed by atoms with Crippen molar-refractivity contribution < 1.29 is 31.9 Å². The van der Waals surface area contributed by atoms with Gasteiger partial charge in [-0.3, -0.25) is 14.3 Å². The molecule has 1 aliphatic heterocycles. The molecule has 0 saturated heterocycles. The monoisotopic (exact) mass is 471 g/mol. The highest BCUT2D eigenvalue weighted by Gasteiger charge is 2.20. The first-order chi connectivity index (χ1) is 15.8. The van der Waals surface area contributed by atoms with Crippen LogP contribution in [0.2, 0.25) is 0 Å². The van der Waals surface area contributed by atoms with E-state index in [-0.39, 0.29) is 10.7 Å². The maximum absolute atomic E-state index is 12.7. The molecule has 3 N–H and O–H groups in total. The largest absolute Gasteiger partial charge is 0.486 e. The summed E-state index contributed by atoms with van der Waals surface area (Å²) in [4.78, 5) is 24.4. The fourth-order valence-electron chi connectivity index (χ4n) is 3.02. The number of hydrogen-bond acceptors (Lipinski definition) is 7. The molecule has 2 amide bonds. The Hall–Kier alpha value is -3.99. The molecule has 1 atom stereocenters. The van der Waals surface area contributed by atoms with E-state index in [1.165, 1.54) is 43.5 Å². The van der Waals surface area contributed by atoms with Gasteiger partial charge in [-0.25, -0.2) is 8.42 Å². The Labute approximate surface area is 189 Å². The molecule has 33 heavy (non-hydrogen) atoms. The highest BCUT2D eigenvalue weighted by Crippen LogP contribution is 2.32. The van der Waals surface area contributed by atoms with Gasteiger partial charge in [0.25, 0.3) is 15.9 Å². The van der Waals surface area contributed by atoms with Crippen molar-refractivity contribution in [1.82, 2.24) is 5.32 Å². The Bertz CT molecular complexity index is 1260. The molecule has 172 valence electrons. The molecule has 3 aromatic rings. The molecule has 0 bridgehead atoms. The van der Waals surface area contributed by atoms with Crippen LogP contribution >= 0.6 is 0 Å². The SMILES string of the molecule is C[C@@H](NC(=O)c1ccco1)C(=O)Nc1ccc(NS(=O)(=O)c2ccc3c(c2)OCCO3)cc1. The fraction of sp³-hybridized carbons (Fsp3) is 0.182. The minimum Gasteiger partial charge on any atom is -0.486 e. The summed E-state index contributed by atoms with van der Waals surface area (Å²) in [5.74, 6) is 0.0145. The van der Waals surface area contributed by atoms with E-state index < -0.39 is 27.9 Å². The summed E-state index contributed by atoms with van der Waals surface area (Å²) in [6.45, 7) is 2.30. The van der Waals surface area contributed by atoms with Crippen LogP contribution in [-0.4, -0.2) is 39.5 Å². The van der Waals surface area contributed by atoms with Crippen LogP contribution in [0.25, 0.3) is 0 Å². The van der Waals surface area contributed by atoms with Crippen LogP contribution in [0.15, 0.2) is 70.2 Å². The first-order valence-electron chi connectivity index (χ1n) is 9.99. The van der Waals surface area contributed by atoms with Crippen LogP contribution in [0.3, 0.4) is 0 Å². The lowest BCUT2D eigenvalue weighted by Gasteiger charge is -2.19. The third-order valence-electron chi connectivity index (χ3n) is 4.71. The molecule has 2 heterocycles. The number of sulfonamides is 1. The Balaban J connectivity index is 1.36. The molecular weight excluding hydrogens is 450 g/mol. The van der Waals surface area contributed by atoms with Crippen molar-refractivity contribution in [1.29, 1.82) is 0 Å². The molecule has 11 heteroatoms. The van der Waals surface area contributed by atoms with Crippen molar-refractivity contribution in [3.05, 3.63) is 66.6 Å². The van der Waals surface area contributed by atoms with Gasteiger partial charge in [0.1, 0.15) is 19.3 Å². The predicted molar refractivity (Wildman–Crippen MR) is 119 cm³/mol. The number of furan rings is 1. The fourth-order valence-corrected chi connectivity index (χ4v) is 4.09. The summed E-state index contributed by atoms with van der Waals surface area (Å²) in [5.41, 5.74) is 0.739. The number of fused-ring (bicyclic) bond motifs is 1. The van der Waals surface area contributed by atoms with Crippen LogP contribution in [0.4, 0.5) is 11.4 Å². The number of ether oxygens (including phenoxy) is 2. The highest BCUT2D eigenvalue weighted by molar-refractivity contribution is 7.92. The molecule has 0 radical (unpaired) electrons. The lowest BCUT2D eigenvalue weighted by Crippen LogP contribution is -2.41. The van der Waals surface area contributed by atoms with Crippen molar-refractivity contribution in [2.45, 2.75) is 17.9 Å². The number of nitrogens with one attached hydrogen (secondary N) is 3. The molecule has 0 fully saturated rings. The first-order valence-corrected chi connectivity index (χ1v) is 11.5. The molecule has 10 nitrogen and oxygen atoms in total. The number of carbonyl (C=O) groups excluding carboxylic acids is 2. The van der Waals surface area contributed by atoms with Crippen molar-refractivity contribution in [2.24, 2.45) is 0 Å². The van der Waals surface area contributed by atoms with Crippen molar-refractivity contribution >= 4 is 33.2 Å². The minimum absolute atomic E-state index is 0.0326. The highest BCUT2D eigenvalue weighted by atomic mass is 32.2.